The van der Waals surface area contributed by atoms with Crippen LogP contribution in [-0.2, 0) is 4.79 Å². The smallest absolute Gasteiger partial charge is 0.454 e. The van der Waals surface area contributed by atoms with Crippen LogP contribution in [0.4, 0.5) is 13.2 Å². The number of aliphatic hydroxyl groups excluding tert-OH is 1. The van der Waals surface area contributed by atoms with E-state index in [0.29, 0.717) is 5.39 Å². The van der Waals surface area contributed by atoms with Gasteiger partial charge in [-0.25, -0.2) is 0 Å². The van der Waals surface area contributed by atoms with Crippen LogP contribution in [0.5, 0.6) is 0 Å². The van der Waals surface area contributed by atoms with Crippen LogP contribution < -0.4 is 0 Å². The lowest BCUT2D eigenvalue weighted by atomic mass is 9.96. The largest absolute Gasteiger partial charge is 0.507 e. The fourth-order valence-electron chi connectivity index (χ4n) is 3.05. The molecular weight excluding hydrogens is 429 g/mol. The number of rotatable bonds is 5. The van der Waals surface area contributed by atoms with Crippen LogP contribution in [0.3, 0.4) is 0 Å². The average Bonchev–Trinajstić information content (AvgIpc) is 2.72. The molecule has 0 aromatic heterocycles. The lowest BCUT2D eigenvalue weighted by Gasteiger charge is -2.17. The van der Waals surface area contributed by atoms with Crippen molar-refractivity contribution < 1.29 is 23.1 Å². The molecule has 3 aromatic rings. The molecule has 1 N–H and O–H groups in total. The summed E-state index contributed by atoms with van der Waals surface area (Å²) in [5.74, 6) is -2.83. The Kier molecular flexibility index (Phi) is 6.63. The summed E-state index contributed by atoms with van der Waals surface area (Å²) in [6, 6.07) is 19.9. The highest BCUT2D eigenvalue weighted by atomic mass is 32.2. The zero-order chi connectivity index (χ0) is 21.9. The van der Waals surface area contributed by atoms with Crippen LogP contribution in [0.15, 0.2) is 72.8 Å². The number of carbonyl (C=O) groups excluding carboxylic acids is 1. The van der Waals surface area contributed by atoms with E-state index in [1.54, 1.807) is 18.2 Å². The molecule has 0 fully saturated rings. The molecule has 0 radical (unpaired) electrons. The predicted octanol–water partition coefficient (Wildman–Crippen LogP) is 7.04. The highest BCUT2D eigenvalue weighted by Crippen LogP contribution is 2.38. The number of alkyl halides is 3. The van der Waals surface area contributed by atoms with E-state index < -0.39 is 17.7 Å². The quantitative estimate of drug-likeness (QED) is 0.259. The van der Waals surface area contributed by atoms with Crippen molar-refractivity contribution in [1.29, 1.82) is 0 Å². The van der Waals surface area contributed by atoms with Gasteiger partial charge in [-0.2, -0.15) is 13.2 Å². The molecule has 0 aliphatic rings. The first-order valence-corrected chi connectivity index (χ1v) is 10.3. The Morgan fingerprint density at radius 3 is 2.23 bits per heavy atom. The number of ketones is 1. The first kappa shape index (κ1) is 22.1. The van der Waals surface area contributed by atoms with Gasteiger partial charge in [-0.15, -0.1) is 11.8 Å². The van der Waals surface area contributed by atoms with Gasteiger partial charge in [0.15, 0.2) is 0 Å². The van der Waals surface area contributed by atoms with Gasteiger partial charge in [0, 0.05) is 16.9 Å². The van der Waals surface area contributed by atoms with Crippen LogP contribution in [0, 0.1) is 0 Å². The Morgan fingerprint density at radius 2 is 1.60 bits per heavy atom. The zero-order valence-electron chi connectivity index (χ0n) is 15.8. The topological polar surface area (TPSA) is 37.3 Å². The molecule has 0 amide bonds. The molecular formula is C23H17F3O2S2. The lowest BCUT2D eigenvalue weighted by molar-refractivity contribution is -0.165. The fraction of sp³-hybridized carbons (Fsp3) is 0.130. The first-order chi connectivity index (χ1) is 14.2. The summed E-state index contributed by atoms with van der Waals surface area (Å²) < 4.78 is 38.4. The van der Waals surface area contributed by atoms with E-state index in [1.807, 2.05) is 49.4 Å². The molecule has 0 aliphatic heterocycles. The van der Waals surface area contributed by atoms with E-state index in [4.69, 9.17) is 12.2 Å². The summed E-state index contributed by atoms with van der Waals surface area (Å²) >= 11 is 7.04. The van der Waals surface area contributed by atoms with Crippen molar-refractivity contribution in [3.05, 3.63) is 89.5 Å². The van der Waals surface area contributed by atoms with Crippen LogP contribution in [0.1, 0.15) is 28.9 Å². The third-order valence-electron chi connectivity index (χ3n) is 4.51. The number of thiocarbonyl (C=S) groups is 1. The Morgan fingerprint density at radius 1 is 1.00 bits per heavy atom. The second kappa shape index (κ2) is 9.02. The Bertz CT molecular complexity index is 1120. The number of fused-ring (bicyclic) bond motifs is 1. The van der Waals surface area contributed by atoms with Gasteiger partial charge in [-0.05, 0) is 28.8 Å². The van der Waals surface area contributed by atoms with E-state index in [9.17, 15) is 23.1 Å². The van der Waals surface area contributed by atoms with Crippen LogP contribution in [0.25, 0.3) is 16.5 Å². The summed E-state index contributed by atoms with van der Waals surface area (Å²) in [6.07, 6.45) is -4.83. The van der Waals surface area contributed by atoms with E-state index in [2.05, 4.69) is 0 Å². The highest BCUT2D eigenvalue weighted by molar-refractivity contribution is 8.23. The van der Waals surface area contributed by atoms with Gasteiger partial charge >= 0.3 is 6.18 Å². The number of aliphatic hydroxyl groups is 1. The van der Waals surface area contributed by atoms with E-state index >= 15 is 0 Å². The van der Waals surface area contributed by atoms with E-state index in [1.165, 1.54) is 17.8 Å². The maximum Gasteiger partial charge on any atom is 0.454 e. The monoisotopic (exact) mass is 446 g/mol. The zero-order valence-corrected chi connectivity index (χ0v) is 17.4. The van der Waals surface area contributed by atoms with Gasteiger partial charge in [0.2, 0.25) is 0 Å². The third kappa shape index (κ3) is 4.91. The van der Waals surface area contributed by atoms with Gasteiger partial charge in [0.25, 0.3) is 5.78 Å². The molecule has 0 heterocycles. The number of allylic oxidation sites excluding steroid dienone is 1. The molecule has 2 nitrogen and oxygen atoms in total. The Balaban J connectivity index is 1.97. The average molecular weight is 447 g/mol. The van der Waals surface area contributed by atoms with Gasteiger partial charge in [-0.3, -0.25) is 4.79 Å². The normalized spacial score (nSPS) is 13.3. The fourth-order valence-corrected chi connectivity index (χ4v) is 4.55. The highest BCUT2D eigenvalue weighted by Gasteiger charge is 2.37. The summed E-state index contributed by atoms with van der Waals surface area (Å²) in [5, 5.41) is 11.5. The minimum Gasteiger partial charge on any atom is -0.507 e. The molecule has 1 atom stereocenters. The van der Waals surface area contributed by atoms with Crippen LogP contribution in [0.2, 0.25) is 0 Å². The number of halogens is 3. The first-order valence-electron chi connectivity index (χ1n) is 8.98. The van der Waals surface area contributed by atoms with Gasteiger partial charge < -0.3 is 5.11 Å². The van der Waals surface area contributed by atoms with Crippen LogP contribution >= 0.6 is 24.0 Å². The summed E-state index contributed by atoms with van der Waals surface area (Å²) in [6.45, 7) is 1.99. The number of hydrogen-bond donors (Lipinski definition) is 1. The SMILES string of the molecule is CC(SC(=S)c1ccccc1)c1ccc(/C(O)=C/C(=O)C(F)(F)F)c2ccccc12. The number of carbonyl (C=O) groups is 1. The van der Waals surface area contributed by atoms with Crippen molar-refractivity contribution in [2.45, 2.75) is 18.3 Å². The van der Waals surface area contributed by atoms with E-state index in [0.717, 1.165) is 20.7 Å². The number of thioether (sulfide) groups is 1. The molecule has 3 rings (SSSR count). The molecule has 7 heteroatoms. The lowest BCUT2D eigenvalue weighted by Crippen LogP contribution is -2.20. The van der Waals surface area contributed by atoms with Crippen molar-refractivity contribution in [2.24, 2.45) is 0 Å². The summed E-state index contributed by atoms with van der Waals surface area (Å²) in [4.78, 5) is 11.2. The Labute approximate surface area is 181 Å². The van der Waals surface area contributed by atoms with Gasteiger partial charge in [0.1, 0.15) is 5.76 Å². The van der Waals surface area contributed by atoms with Crippen molar-refractivity contribution in [2.75, 3.05) is 0 Å². The Hall–Kier alpha value is -2.64. The molecule has 0 aliphatic carbocycles. The van der Waals surface area contributed by atoms with Crippen molar-refractivity contribution in [1.82, 2.24) is 0 Å². The number of hydrogen-bond acceptors (Lipinski definition) is 4. The molecule has 0 bridgehead atoms. The molecule has 1 unspecified atom stereocenters. The molecule has 0 saturated heterocycles. The van der Waals surface area contributed by atoms with Gasteiger partial charge in [-0.1, -0.05) is 78.9 Å². The standard InChI is InChI=1S/C23H17F3O2S2/c1-14(30-22(29)15-7-3-2-4-8-15)16-11-12-19(18-10-6-5-9-17(16)18)20(27)13-21(28)23(24,25)26/h2-14,27H,1H3/b20-13-. The summed E-state index contributed by atoms with van der Waals surface area (Å²) in [7, 11) is 0. The van der Waals surface area contributed by atoms with Crippen LogP contribution in [-0.4, -0.2) is 21.3 Å². The van der Waals surface area contributed by atoms with Gasteiger partial charge in [0.05, 0.1) is 4.20 Å². The molecule has 3 aromatic carbocycles. The molecule has 154 valence electrons. The molecule has 0 spiro atoms. The second-order valence-electron chi connectivity index (χ2n) is 6.55. The van der Waals surface area contributed by atoms with Crippen molar-refractivity contribution in [3.63, 3.8) is 0 Å². The van der Waals surface area contributed by atoms with E-state index in [-0.39, 0.29) is 16.9 Å². The van der Waals surface area contributed by atoms with Crippen molar-refractivity contribution >= 4 is 50.5 Å². The maximum atomic E-state index is 12.6. The number of benzene rings is 3. The molecule has 30 heavy (non-hydrogen) atoms. The minimum atomic E-state index is -5.04. The van der Waals surface area contributed by atoms with Crippen molar-refractivity contribution in [3.8, 4) is 0 Å². The second-order valence-corrected chi connectivity index (χ2v) is 8.57. The minimum absolute atomic E-state index is 0.0421. The third-order valence-corrected chi connectivity index (χ3v) is 6.09. The predicted molar refractivity (Wildman–Crippen MR) is 120 cm³/mol. The molecule has 0 saturated carbocycles. The summed E-state index contributed by atoms with van der Waals surface area (Å²) in [5.41, 5.74) is 2.03. The maximum absolute atomic E-state index is 12.6.